The first-order chi connectivity index (χ1) is 23.5. The summed E-state index contributed by atoms with van der Waals surface area (Å²) in [6, 6.07) is 33.2. The van der Waals surface area contributed by atoms with Gasteiger partial charge in [0.15, 0.2) is 0 Å². The molecule has 3 aliphatic carbocycles. The van der Waals surface area contributed by atoms with E-state index in [-0.39, 0.29) is 35.6 Å². The molecule has 0 N–H and O–H groups in total. The van der Waals surface area contributed by atoms with Gasteiger partial charge in [0.25, 0.3) is 0 Å². The zero-order chi connectivity index (χ0) is 36.2. The second-order valence-electron chi connectivity index (χ2n) is 16.7. The third-order valence-corrected chi connectivity index (χ3v) is 14.1. The average molecular weight is 819 g/mol. The van der Waals surface area contributed by atoms with Crippen LogP contribution in [0.4, 0.5) is 0 Å². The van der Waals surface area contributed by atoms with Crippen LogP contribution in [-0.2, 0) is 35.1 Å². The second-order valence-corrected chi connectivity index (χ2v) is 23.0. The molecule has 0 saturated heterocycles. The van der Waals surface area contributed by atoms with Crippen molar-refractivity contribution in [3.05, 3.63) is 159 Å². The fourth-order valence-corrected chi connectivity index (χ4v) is 11.0. The third-order valence-electron chi connectivity index (χ3n) is 10.6. The summed E-state index contributed by atoms with van der Waals surface area (Å²) in [6.45, 7) is 25.3. The van der Waals surface area contributed by atoms with E-state index >= 15 is 0 Å². The minimum atomic E-state index is -1.07. The number of allylic oxidation sites excluding steroid dienone is 8. The Morgan fingerprint density at radius 2 is 1.08 bits per heavy atom. The van der Waals surface area contributed by atoms with E-state index in [9.17, 15) is 0 Å². The van der Waals surface area contributed by atoms with Gasteiger partial charge in [0.1, 0.15) is 0 Å². The molecule has 0 nitrogen and oxygen atoms in total. The van der Waals surface area contributed by atoms with Gasteiger partial charge in [-0.3, -0.25) is 6.08 Å². The molecule has 4 heteroatoms. The third kappa shape index (κ3) is 8.47. The first kappa shape index (κ1) is 42.0. The molecule has 0 saturated carbocycles. The van der Waals surface area contributed by atoms with E-state index in [4.69, 9.17) is 0 Å². The molecule has 0 spiro atoms. The van der Waals surface area contributed by atoms with Crippen molar-refractivity contribution in [2.45, 2.75) is 85.9 Å². The van der Waals surface area contributed by atoms with Crippen LogP contribution in [0.25, 0.3) is 32.7 Å². The predicted molar refractivity (Wildman–Crippen MR) is 220 cm³/mol. The maximum atomic E-state index is 3.43. The summed E-state index contributed by atoms with van der Waals surface area (Å²) in [4.78, 5) is 0. The van der Waals surface area contributed by atoms with Crippen LogP contribution in [0, 0.1) is 12.0 Å². The van der Waals surface area contributed by atoms with E-state index < -0.39 is 8.07 Å². The average Bonchev–Trinajstić information content (AvgIpc) is 3.74. The molecule has 5 aromatic carbocycles. The standard InChI is InChI=1S/C25H25.C13H10.C10H17Si.2ClH.Zr/c1-14-12-24(3,4)22-8-16-7-17-9-23-19(15(2)13-25(23,5)6)11-21(17)20(16)10-18(14)22;1-3-7-12(8-4-1)11-13-9-5-2-6-10-13;1-8-6-9(2)10(7-8)11(3,4)5;;;/h7-13H,1-6H3;1-10H;7-8H,1-5H3;2*1H;/q-1;;-1;;;+2/p-2. The zero-order valence-electron chi connectivity index (χ0n) is 32.7. The summed E-state index contributed by atoms with van der Waals surface area (Å²) in [6.07, 6.45) is 10.6. The SMILES string of the molecule is CC1=CC(C)(C)c2cc3[cH-]c4cc5c(cc4c3cc21)C(C)=CC5(C)C.CC1=[C-]C(C)C=C1[Si](C)(C)C.[Cl-].[Cl-].[Zr+2]=[C](c1ccccc1)c1ccccc1. The number of hydrogen-bond acceptors (Lipinski definition) is 0. The molecule has 1 atom stereocenters. The molecule has 3 aliphatic rings. The van der Waals surface area contributed by atoms with Gasteiger partial charge in [-0.25, -0.2) is 10.8 Å². The molecular weight excluding hydrogens is 767 g/mol. The molecule has 0 aliphatic heterocycles. The fraction of sp³-hybridized carbons (Fsp3) is 0.292. The Kier molecular flexibility index (Phi) is 12.9. The molecule has 0 fully saturated rings. The molecular formula is C48H52Cl2SiZr-2. The van der Waals surface area contributed by atoms with E-state index in [1.54, 1.807) is 5.20 Å². The summed E-state index contributed by atoms with van der Waals surface area (Å²) >= 11 is 1.46. The molecule has 8 rings (SSSR count). The molecule has 1 unspecified atom stereocenters. The van der Waals surface area contributed by atoms with Crippen molar-refractivity contribution in [2.75, 3.05) is 0 Å². The van der Waals surface area contributed by atoms with E-state index in [0.717, 1.165) is 0 Å². The summed E-state index contributed by atoms with van der Waals surface area (Å²) < 4.78 is 1.42. The van der Waals surface area contributed by atoms with Crippen molar-refractivity contribution in [3.63, 3.8) is 0 Å². The first-order valence-corrected chi connectivity index (χ1v) is 22.8. The van der Waals surface area contributed by atoms with Crippen molar-refractivity contribution < 1.29 is 49.0 Å². The number of fused-ring (bicyclic) bond motifs is 5. The summed E-state index contributed by atoms with van der Waals surface area (Å²) in [5.41, 5.74) is 13.0. The Bertz CT molecular complexity index is 2100. The summed E-state index contributed by atoms with van der Waals surface area (Å²) in [5, 5.41) is 7.17. The molecule has 0 bridgehead atoms. The van der Waals surface area contributed by atoms with Crippen LogP contribution in [0.15, 0.2) is 120 Å². The van der Waals surface area contributed by atoms with Crippen molar-refractivity contribution in [1.82, 2.24) is 0 Å². The van der Waals surface area contributed by atoms with Gasteiger partial charge in [0, 0.05) is 10.8 Å². The number of benzene rings is 4. The fourth-order valence-electron chi connectivity index (χ4n) is 8.24. The molecule has 52 heavy (non-hydrogen) atoms. The van der Waals surface area contributed by atoms with Gasteiger partial charge in [-0.2, -0.15) is 6.08 Å². The topological polar surface area (TPSA) is 0 Å². The number of hydrogen-bond donors (Lipinski definition) is 0. The second kappa shape index (κ2) is 15.9. The normalized spacial score (nSPS) is 17.5. The van der Waals surface area contributed by atoms with Crippen molar-refractivity contribution >= 4 is 44.0 Å². The molecule has 0 heterocycles. The van der Waals surface area contributed by atoms with Crippen LogP contribution in [0.3, 0.4) is 0 Å². The van der Waals surface area contributed by atoms with E-state index in [2.05, 4.69) is 190 Å². The Morgan fingerprint density at radius 3 is 1.40 bits per heavy atom. The Hall–Kier alpha value is -2.74. The van der Waals surface area contributed by atoms with Crippen LogP contribution in [0.2, 0.25) is 19.6 Å². The summed E-state index contributed by atoms with van der Waals surface area (Å²) in [5.74, 6) is 0.553. The first-order valence-electron chi connectivity index (χ1n) is 18.1. The minimum absolute atomic E-state index is 0. The van der Waals surface area contributed by atoms with Crippen molar-refractivity contribution in [1.29, 1.82) is 0 Å². The van der Waals surface area contributed by atoms with Gasteiger partial charge in [-0.1, -0.05) is 103 Å². The van der Waals surface area contributed by atoms with Gasteiger partial charge in [-0.15, -0.1) is 39.7 Å². The molecule has 0 amide bonds. The number of halogens is 2. The van der Waals surface area contributed by atoms with Gasteiger partial charge in [0.2, 0.25) is 0 Å². The van der Waals surface area contributed by atoms with Gasteiger partial charge in [0.05, 0.1) is 0 Å². The van der Waals surface area contributed by atoms with Gasteiger partial charge in [-0.05, 0) is 44.2 Å². The summed E-state index contributed by atoms with van der Waals surface area (Å²) in [7, 11) is -1.07. The van der Waals surface area contributed by atoms with Crippen molar-refractivity contribution in [3.8, 4) is 0 Å². The number of rotatable bonds is 3. The van der Waals surface area contributed by atoms with Gasteiger partial charge < -0.3 is 24.8 Å². The Morgan fingerprint density at radius 1 is 0.673 bits per heavy atom. The van der Waals surface area contributed by atoms with E-state index in [1.807, 2.05) is 0 Å². The molecule has 268 valence electrons. The molecule has 0 aromatic heterocycles. The maximum absolute atomic E-state index is 3.43. The van der Waals surface area contributed by atoms with E-state index in [0.29, 0.717) is 5.92 Å². The Balaban J connectivity index is 0.000000191. The van der Waals surface area contributed by atoms with Crippen LogP contribution < -0.4 is 24.8 Å². The van der Waals surface area contributed by atoms with E-state index in [1.165, 1.54) is 99.1 Å². The monoisotopic (exact) mass is 816 g/mol. The van der Waals surface area contributed by atoms with Crippen LogP contribution in [0.5, 0.6) is 0 Å². The van der Waals surface area contributed by atoms with Crippen LogP contribution in [-0.4, -0.2) is 11.3 Å². The Labute approximate surface area is 341 Å². The predicted octanol–water partition coefficient (Wildman–Crippen LogP) is 7.10. The van der Waals surface area contributed by atoms with Crippen LogP contribution in [0.1, 0.15) is 88.8 Å². The van der Waals surface area contributed by atoms with Gasteiger partial charge >= 0.3 is 99.2 Å². The molecule has 0 radical (unpaired) electrons. The quantitative estimate of drug-likeness (QED) is 0.135. The molecule has 5 aromatic rings. The zero-order valence-corrected chi connectivity index (χ0v) is 37.7. The van der Waals surface area contributed by atoms with Crippen molar-refractivity contribution in [2.24, 2.45) is 5.92 Å². The van der Waals surface area contributed by atoms with Crippen LogP contribution >= 0.6 is 0 Å².